The van der Waals surface area contributed by atoms with Crippen molar-refractivity contribution >= 4 is 52.3 Å². The monoisotopic (exact) mass is 439 g/mol. The molecular formula is C22H15Cl2N3O3. The van der Waals surface area contributed by atoms with Crippen LogP contribution in [0.5, 0.6) is 0 Å². The summed E-state index contributed by atoms with van der Waals surface area (Å²) in [6, 6.07) is 15.2. The van der Waals surface area contributed by atoms with Gasteiger partial charge in [-0.25, -0.2) is 4.90 Å². The largest absolute Gasteiger partial charge is 0.295 e. The molecule has 150 valence electrons. The molecule has 3 amide bonds. The fourth-order valence-corrected chi connectivity index (χ4v) is 3.77. The number of halogens is 2. The molecular weight excluding hydrogens is 425 g/mol. The lowest BCUT2D eigenvalue weighted by Gasteiger charge is -2.28. The van der Waals surface area contributed by atoms with E-state index in [0.717, 1.165) is 4.90 Å². The van der Waals surface area contributed by atoms with E-state index in [1.807, 2.05) is 0 Å². The molecule has 1 saturated heterocycles. The summed E-state index contributed by atoms with van der Waals surface area (Å²) in [5, 5.41) is 0.805. The molecule has 6 nitrogen and oxygen atoms in total. The maximum Gasteiger partial charge on any atom is 0.259 e. The molecule has 1 fully saturated rings. The molecule has 2 heterocycles. The van der Waals surface area contributed by atoms with Gasteiger partial charge in [0.25, 0.3) is 11.8 Å². The Morgan fingerprint density at radius 1 is 0.967 bits per heavy atom. The molecule has 1 aliphatic rings. The lowest BCUT2D eigenvalue weighted by atomic mass is 10.1. The number of imide groups is 1. The molecule has 30 heavy (non-hydrogen) atoms. The summed E-state index contributed by atoms with van der Waals surface area (Å²) in [6.07, 6.45) is 2.82. The molecule has 0 spiro atoms. The first-order valence-corrected chi connectivity index (χ1v) is 9.83. The van der Waals surface area contributed by atoms with Crippen LogP contribution in [0.25, 0.3) is 0 Å². The Labute approximate surface area is 182 Å². The molecule has 0 saturated carbocycles. The molecule has 3 aromatic rings. The van der Waals surface area contributed by atoms with E-state index in [0.29, 0.717) is 27.0 Å². The van der Waals surface area contributed by atoms with Crippen LogP contribution in [-0.4, -0.2) is 28.7 Å². The zero-order valence-electron chi connectivity index (χ0n) is 15.5. The van der Waals surface area contributed by atoms with E-state index in [1.165, 1.54) is 23.4 Å². The van der Waals surface area contributed by atoms with Gasteiger partial charge in [-0.15, -0.1) is 0 Å². The van der Waals surface area contributed by atoms with Gasteiger partial charge in [-0.2, -0.15) is 0 Å². The van der Waals surface area contributed by atoms with Gasteiger partial charge in [0.05, 0.1) is 12.1 Å². The average Bonchev–Trinajstić information content (AvgIpc) is 3.02. The Balaban J connectivity index is 1.77. The van der Waals surface area contributed by atoms with Gasteiger partial charge in [0.2, 0.25) is 5.91 Å². The van der Waals surface area contributed by atoms with E-state index in [-0.39, 0.29) is 6.42 Å². The Kier molecular flexibility index (Phi) is 5.53. The first kappa shape index (κ1) is 20.1. The summed E-state index contributed by atoms with van der Waals surface area (Å²) in [6.45, 7) is 0. The summed E-state index contributed by atoms with van der Waals surface area (Å²) in [7, 11) is 0. The number of amides is 3. The molecule has 0 radical (unpaired) electrons. The van der Waals surface area contributed by atoms with Gasteiger partial charge in [0, 0.05) is 33.7 Å². The number of anilines is 2. The summed E-state index contributed by atoms with van der Waals surface area (Å²) in [4.78, 5) is 45.7. The van der Waals surface area contributed by atoms with Crippen LogP contribution in [0.2, 0.25) is 10.0 Å². The minimum Gasteiger partial charge on any atom is -0.295 e. The fourth-order valence-electron chi connectivity index (χ4n) is 3.40. The van der Waals surface area contributed by atoms with Crippen LogP contribution in [-0.2, 0) is 9.59 Å². The molecule has 0 aliphatic carbocycles. The van der Waals surface area contributed by atoms with Gasteiger partial charge in [-0.1, -0.05) is 35.3 Å². The standard InChI is InChI=1S/C22H15Cl2N3O3/c23-15-3-1-5-17(11-15)26(21(29)14-7-9-25-10-8-14)19-13-20(28)27(22(19)30)18-6-2-4-16(24)12-18/h1-12,19H,13H2/t19-/m1/s1. The minimum atomic E-state index is -1.02. The van der Waals surface area contributed by atoms with Crippen molar-refractivity contribution in [2.45, 2.75) is 12.5 Å². The third-order valence-electron chi connectivity index (χ3n) is 4.73. The van der Waals surface area contributed by atoms with Crippen LogP contribution in [0.1, 0.15) is 16.8 Å². The van der Waals surface area contributed by atoms with Crippen molar-refractivity contribution in [3.05, 3.63) is 88.7 Å². The van der Waals surface area contributed by atoms with Crippen LogP contribution < -0.4 is 9.80 Å². The third-order valence-corrected chi connectivity index (χ3v) is 5.20. The maximum absolute atomic E-state index is 13.3. The molecule has 1 aromatic heterocycles. The molecule has 1 atom stereocenters. The topological polar surface area (TPSA) is 70.6 Å². The van der Waals surface area contributed by atoms with Gasteiger partial charge in [-0.3, -0.25) is 24.3 Å². The van der Waals surface area contributed by atoms with Crippen molar-refractivity contribution in [3.8, 4) is 0 Å². The van der Waals surface area contributed by atoms with Gasteiger partial charge >= 0.3 is 0 Å². The van der Waals surface area contributed by atoms with E-state index in [2.05, 4.69) is 4.98 Å². The lowest BCUT2D eigenvalue weighted by molar-refractivity contribution is -0.121. The summed E-state index contributed by atoms with van der Waals surface area (Å²) < 4.78 is 0. The van der Waals surface area contributed by atoms with Crippen molar-refractivity contribution in [3.63, 3.8) is 0 Å². The van der Waals surface area contributed by atoms with Crippen LogP contribution in [0.3, 0.4) is 0 Å². The molecule has 2 aromatic carbocycles. The number of carbonyl (C=O) groups is 3. The second kappa shape index (κ2) is 8.26. The number of aromatic nitrogens is 1. The number of rotatable bonds is 4. The highest BCUT2D eigenvalue weighted by molar-refractivity contribution is 6.32. The molecule has 8 heteroatoms. The van der Waals surface area contributed by atoms with Crippen LogP contribution >= 0.6 is 23.2 Å². The Morgan fingerprint density at radius 2 is 1.63 bits per heavy atom. The van der Waals surface area contributed by atoms with E-state index in [4.69, 9.17) is 23.2 Å². The van der Waals surface area contributed by atoms with Crippen LogP contribution in [0, 0.1) is 0 Å². The van der Waals surface area contributed by atoms with E-state index >= 15 is 0 Å². The predicted molar refractivity (Wildman–Crippen MR) is 115 cm³/mol. The first-order chi connectivity index (χ1) is 14.5. The Bertz CT molecular complexity index is 1140. The Hall–Kier alpha value is -3.22. The van der Waals surface area contributed by atoms with Crippen molar-refractivity contribution in [1.29, 1.82) is 0 Å². The quantitative estimate of drug-likeness (QED) is 0.565. The number of nitrogens with zero attached hydrogens (tertiary/aromatic N) is 3. The molecule has 0 N–H and O–H groups in total. The zero-order valence-corrected chi connectivity index (χ0v) is 17.0. The highest BCUT2D eigenvalue weighted by Crippen LogP contribution is 2.32. The van der Waals surface area contributed by atoms with Gasteiger partial charge < -0.3 is 0 Å². The number of benzene rings is 2. The third kappa shape index (κ3) is 3.79. The van der Waals surface area contributed by atoms with E-state index < -0.39 is 23.8 Å². The lowest BCUT2D eigenvalue weighted by Crippen LogP contribution is -2.45. The smallest absolute Gasteiger partial charge is 0.259 e. The second-order valence-corrected chi connectivity index (χ2v) is 7.53. The summed E-state index contributed by atoms with van der Waals surface area (Å²) in [5.74, 6) is -1.36. The van der Waals surface area contributed by atoms with E-state index in [9.17, 15) is 14.4 Å². The van der Waals surface area contributed by atoms with Crippen molar-refractivity contribution in [2.24, 2.45) is 0 Å². The summed E-state index contributed by atoms with van der Waals surface area (Å²) >= 11 is 12.2. The molecule has 4 rings (SSSR count). The van der Waals surface area contributed by atoms with Crippen LogP contribution in [0.4, 0.5) is 11.4 Å². The minimum absolute atomic E-state index is 0.158. The maximum atomic E-state index is 13.3. The first-order valence-electron chi connectivity index (χ1n) is 9.07. The number of pyridine rings is 1. The molecule has 0 bridgehead atoms. The van der Waals surface area contributed by atoms with Gasteiger partial charge in [0.15, 0.2) is 0 Å². The van der Waals surface area contributed by atoms with E-state index in [1.54, 1.807) is 54.6 Å². The van der Waals surface area contributed by atoms with Crippen molar-refractivity contribution in [1.82, 2.24) is 4.98 Å². The highest BCUT2D eigenvalue weighted by atomic mass is 35.5. The second-order valence-electron chi connectivity index (χ2n) is 6.66. The fraction of sp³-hybridized carbons (Fsp3) is 0.0909. The van der Waals surface area contributed by atoms with Crippen LogP contribution in [0.15, 0.2) is 73.1 Å². The Morgan fingerprint density at radius 3 is 2.30 bits per heavy atom. The van der Waals surface area contributed by atoms with Crippen molar-refractivity contribution in [2.75, 3.05) is 9.80 Å². The molecule has 0 unspecified atom stereocenters. The van der Waals surface area contributed by atoms with Crippen molar-refractivity contribution < 1.29 is 14.4 Å². The van der Waals surface area contributed by atoms with Gasteiger partial charge in [-0.05, 0) is 48.5 Å². The summed E-state index contributed by atoms with van der Waals surface area (Å²) in [5.41, 5.74) is 1.12. The normalized spacial score (nSPS) is 16.1. The number of hydrogen-bond donors (Lipinski definition) is 0. The number of carbonyl (C=O) groups excluding carboxylic acids is 3. The number of hydrogen-bond acceptors (Lipinski definition) is 4. The highest BCUT2D eigenvalue weighted by Gasteiger charge is 2.45. The predicted octanol–water partition coefficient (Wildman–Crippen LogP) is 4.37. The van der Waals surface area contributed by atoms with Gasteiger partial charge in [0.1, 0.15) is 6.04 Å². The molecule has 1 aliphatic heterocycles. The average molecular weight is 440 g/mol. The SMILES string of the molecule is O=C1C[C@@H](N(C(=O)c2ccncc2)c2cccc(Cl)c2)C(=O)N1c1cccc(Cl)c1. The zero-order chi connectivity index (χ0) is 21.3.